The molecule has 2 heterocycles. The first-order valence-electron chi connectivity index (χ1n) is 10.4. The normalized spacial score (nSPS) is 15.9. The number of hydrogen-bond acceptors (Lipinski definition) is 3. The molecule has 0 aliphatic carbocycles. The third-order valence-corrected chi connectivity index (χ3v) is 5.65. The van der Waals surface area contributed by atoms with Gasteiger partial charge in [0.05, 0.1) is 23.2 Å². The van der Waals surface area contributed by atoms with Gasteiger partial charge in [-0.05, 0) is 54.7 Å². The molecule has 0 saturated carbocycles. The van der Waals surface area contributed by atoms with Gasteiger partial charge in [0.25, 0.3) is 0 Å². The predicted octanol–water partition coefficient (Wildman–Crippen LogP) is 4.76. The Kier molecular flexibility index (Phi) is 5.79. The number of aromatic nitrogens is 2. The van der Waals surface area contributed by atoms with Gasteiger partial charge >= 0.3 is 0 Å². The molecule has 4 nitrogen and oxygen atoms in total. The van der Waals surface area contributed by atoms with Gasteiger partial charge < -0.3 is 5.11 Å². The Morgan fingerprint density at radius 1 is 1.03 bits per heavy atom. The van der Waals surface area contributed by atoms with Gasteiger partial charge in [0.2, 0.25) is 0 Å². The number of nitrogens with zero attached hydrogens (tertiary/aromatic N) is 3. The number of halogens is 1. The number of piperidine rings is 1. The summed E-state index contributed by atoms with van der Waals surface area (Å²) in [6.45, 7) is 6.88. The average Bonchev–Trinajstić information content (AvgIpc) is 3.14. The fraction of sp³-hybridized carbons (Fsp3) is 0.375. The van der Waals surface area contributed by atoms with E-state index in [4.69, 9.17) is 5.10 Å². The molecule has 152 valence electrons. The van der Waals surface area contributed by atoms with E-state index in [0.717, 1.165) is 55.1 Å². The Morgan fingerprint density at radius 2 is 1.69 bits per heavy atom. The minimum atomic E-state index is -0.254. The van der Waals surface area contributed by atoms with Gasteiger partial charge in [-0.25, -0.2) is 9.07 Å². The van der Waals surface area contributed by atoms with Crippen molar-refractivity contribution in [2.45, 2.75) is 45.3 Å². The number of hydrogen-bond donors (Lipinski definition) is 1. The van der Waals surface area contributed by atoms with Crippen LogP contribution in [0.5, 0.6) is 0 Å². The molecule has 0 radical (unpaired) electrons. The van der Waals surface area contributed by atoms with Crippen molar-refractivity contribution < 1.29 is 9.50 Å². The Balaban J connectivity index is 1.67. The second-order valence-corrected chi connectivity index (χ2v) is 8.19. The van der Waals surface area contributed by atoms with E-state index in [1.807, 2.05) is 4.68 Å². The topological polar surface area (TPSA) is 41.3 Å². The zero-order chi connectivity index (χ0) is 20.4. The van der Waals surface area contributed by atoms with Gasteiger partial charge in [-0.3, -0.25) is 4.90 Å². The molecule has 4 rings (SSSR count). The molecule has 1 aromatic heterocycles. The monoisotopic (exact) mass is 393 g/mol. The van der Waals surface area contributed by atoms with E-state index >= 15 is 0 Å². The molecule has 0 unspecified atom stereocenters. The summed E-state index contributed by atoms with van der Waals surface area (Å²) in [5.41, 5.74) is 5.21. The van der Waals surface area contributed by atoms with Gasteiger partial charge in [0.1, 0.15) is 5.82 Å². The third kappa shape index (κ3) is 4.57. The van der Waals surface area contributed by atoms with Crippen LogP contribution in [0.1, 0.15) is 43.9 Å². The van der Waals surface area contributed by atoms with Gasteiger partial charge in [-0.1, -0.05) is 38.1 Å². The standard InChI is InChI=1S/C24H28FN3O/c1-17(2)18-3-5-19(6-4-18)24-15-21(16-27-13-11-23(29)12-14-27)26-28(24)22-9-7-20(25)8-10-22/h3-10,15,17,23,29H,11-14,16H2,1-2H3. The Morgan fingerprint density at radius 3 is 2.31 bits per heavy atom. The number of aliphatic hydroxyl groups is 1. The molecule has 0 bridgehead atoms. The van der Waals surface area contributed by atoms with Crippen LogP contribution in [0, 0.1) is 5.82 Å². The van der Waals surface area contributed by atoms with E-state index in [2.05, 4.69) is 49.1 Å². The summed E-state index contributed by atoms with van der Waals surface area (Å²) in [7, 11) is 0. The average molecular weight is 394 g/mol. The molecule has 5 heteroatoms. The van der Waals surface area contributed by atoms with Crippen LogP contribution < -0.4 is 0 Å². The molecule has 2 aromatic carbocycles. The van der Waals surface area contributed by atoms with Crippen molar-refractivity contribution in [1.82, 2.24) is 14.7 Å². The zero-order valence-electron chi connectivity index (χ0n) is 17.1. The summed E-state index contributed by atoms with van der Waals surface area (Å²) in [5, 5.41) is 14.6. The molecular formula is C24H28FN3O. The van der Waals surface area contributed by atoms with Crippen LogP contribution in [0.2, 0.25) is 0 Å². The molecule has 1 aliphatic rings. The van der Waals surface area contributed by atoms with Crippen LogP contribution in [0.15, 0.2) is 54.6 Å². The zero-order valence-corrected chi connectivity index (χ0v) is 17.1. The lowest BCUT2D eigenvalue weighted by Crippen LogP contribution is -2.35. The SMILES string of the molecule is CC(C)c1ccc(-c2cc(CN3CCC(O)CC3)nn2-c2ccc(F)cc2)cc1. The first-order chi connectivity index (χ1) is 14.0. The summed E-state index contributed by atoms with van der Waals surface area (Å²) < 4.78 is 15.3. The highest BCUT2D eigenvalue weighted by atomic mass is 19.1. The van der Waals surface area contributed by atoms with E-state index in [9.17, 15) is 9.50 Å². The van der Waals surface area contributed by atoms with Crippen molar-refractivity contribution in [3.63, 3.8) is 0 Å². The predicted molar refractivity (Wildman–Crippen MR) is 114 cm³/mol. The highest BCUT2D eigenvalue weighted by molar-refractivity contribution is 5.63. The van der Waals surface area contributed by atoms with Crippen LogP contribution in [0.3, 0.4) is 0 Å². The van der Waals surface area contributed by atoms with Crippen LogP contribution in [-0.2, 0) is 6.54 Å². The Labute approximate surface area is 171 Å². The third-order valence-electron chi connectivity index (χ3n) is 5.65. The summed E-state index contributed by atoms with van der Waals surface area (Å²) >= 11 is 0. The highest BCUT2D eigenvalue weighted by Crippen LogP contribution is 2.27. The molecule has 3 aromatic rings. The van der Waals surface area contributed by atoms with E-state index in [0.29, 0.717) is 5.92 Å². The van der Waals surface area contributed by atoms with Crippen molar-refractivity contribution in [1.29, 1.82) is 0 Å². The van der Waals surface area contributed by atoms with E-state index < -0.39 is 0 Å². The maximum atomic E-state index is 13.4. The Hall–Kier alpha value is -2.50. The fourth-order valence-corrected chi connectivity index (χ4v) is 3.84. The van der Waals surface area contributed by atoms with Crippen molar-refractivity contribution >= 4 is 0 Å². The lowest BCUT2D eigenvalue weighted by molar-refractivity contribution is 0.0786. The van der Waals surface area contributed by atoms with E-state index in [1.165, 1.54) is 17.7 Å². The smallest absolute Gasteiger partial charge is 0.123 e. The molecule has 1 saturated heterocycles. The van der Waals surface area contributed by atoms with Crippen molar-refractivity contribution in [2.75, 3.05) is 13.1 Å². The quantitative estimate of drug-likeness (QED) is 0.680. The molecule has 0 atom stereocenters. The first kappa shape index (κ1) is 19.8. The first-order valence-corrected chi connectivity index (χ1v) is 10.4. The van der Waals surface area contributed by atoms with Crippen molar-refractivity contribution in [3.05, 3.63) is 71.7 Å². The fourth-order valence-electron chi connectivity index (χ4n) is 3.84. The second-order valence-electron chi connectivity index (χ2n) is 8.19. The minimum absolute atomic E-state index is 0.182. The lowest BCUT2D eigenvalue weighted by atomic mass is 10.0. The van der Waals surface area contributed by atoms with Crippen LogP contribution in [0.25, 0.3) is 16.9 Å². The molecule has 29 heavy (non-hydrogen) atoms. The highest BCUT2D eigenvalue weighted by Gasteiger charge is 2.19. The van der Waals surface area contributed by atoms with Crippen LogP contribution in [-0.4, -0.2) is 39.0 Å². The molecule has 0 amide bonds. The molecule has 1 aliphatic heterocycles. The largest absolute Gasteiger partial charge is 0.393 e. The maximum absolute atomic E-state index is 13.4. The van der Waals surface area contributed by atoms with Gasteiger partial charge in [-0.2, -0.15) is 5.10 Å². The van der Waals surface area contributed by atoms with Crippen LogP contribution in [0.4, 0.5) is 4.39 Å². The summed E-state index contributed by atoms with van der Waals surface area (Å²) in [6.07, 6.45) is 1.43. The maximum Gasteiger partial charge on any atom is 0.123 e. The lowest BCUT2D eigenvalue weighted by Gasteiger charge is -2.28. The number of aliphatic hydroxyl groups excluding tert-OH is 1. The van der Waals surface area contributed by atoms with Crippen LogP contribution >= 0.6 is 0 Å². The second kappa shape index (κ2) is 8.47. The van der Waals surface area contributed by atoms with Crippen molar-refractivity contribution in [3.8, 4) is 16.9 Å². The van der Waals surface area contributed by atoms with Gasteiger partial charge in [0, 0.05) is 25.2 Å². The van der Waals surface area contributed by atoms with Gasteiger partial charge in [-0.15, -0.1) is 0 Å². The van der Waals surface area contributed by atoms with E-state index in [1.54, 1.807) is 12.1 Å². The number of likely N-dealkylation sites (tertiary alicyclic amines) is 1. The minimum Gasteiger partial charge on any atom is -0.393 e. The molecule has 1 fully saturated rings. The molecule has 1 N–H and O–H groups in total. The summed E-state index contributed by atoms with van der Waals surface area (Å²) in [6, 6.07) is 17.2. The van der Waals surface area contributed by atoms with Gasteiger partial charge in [0.15, 0.2) is 0 Å². The summed E-state index contributed by atoms with van der Waals surface area (Å²) in [5.74, 6) is 0.229. The molecule has 0 spiro atoms. The summed E-state index contributed by atoms with van der Waals surface area (Å²) in [4.78, 5) is 2.33. The van der Waals surface area contributed by atoms with Crippen molar-refractivity contribution in [2.24, 2.45) is 0 Å². The molecular weight excluding hydrogens is 365 g/mol. The Bertz CT molecular complexity index is 939. The number of benzene rings is 2. The van der Waals surface area contributed by atoms with E-state index in [-0.39, 0.29) is 11.9 Å². The number of rotatable bonds is 5.